The number of alkyl carbamates (subject to hydrolysis) is 1. The van der Waals surface area contributed by atoms with Gasteiger partial charge < -0.3 is 20.5 Å². The number of ketones is 1. The molecule has 0 bridgehead atoms. The van der Waals surface area contributed by atoms with Crippen molar-refractivity contribution < 1.29 is 19.4 Å². The van der Waals surface area contributed by atoms with Crippen LogP contribution in [0.1, 0.15) is 77.1 Å². The van der Waals surface area contributed by atoms with Crippen LogP contribution in [0.15, 0.2) is 36.5 Å². The first-order valence-electron chi connectivity index (χ1n) is 13.7. The summed E-state index contributed by atoms with van der Waals surface area (Å²) in [6, 6.07) is 9.29. The SMILES string of the molecule is CC(C)CC(=O)c1cnc2ccc(-c3cc(Cl)c(O)c(Cl)c3)cc2c1NC1CCC(NC(=O)OC(C)(C)C)CC1. The monoisotopic (exact) mass is 585 g/mol. The molecule has 0 atom stereocenters. The topological polar surface area (TPSA) is 101 Å². The van der Waals surface area contributed by atoms with Gasteiger partial charge in [0.2, 0.25) is 0 Å². The number of carbonyl (C=O) groups excluding carboxylic acids is 2. The molecule has 0 unspecified atom stereocenters. The number of Topliss-reactive ketones (excluding diaryl/α,β-unsaturated/α-hetero) is 1. The van der Waals surface area contributed by atoms with Gasteiger partial charge in [-0.3, -0.25) is 9.78 Å². The van der Waals surface area contributed by atoms with Crippen molar-refractivity contribution in [2.75, 3.05) is 5.32 Å². The van der Waals surface area contributed by atoms with Crippen molar-refractivity contribution in [1.29, 1.82) is 0 Å². The highest BCUT2D eigenvalue weighted by atomic mass is 35.5. The van der Waals surface area contributed by atoms with E-state index in [2.05, 4.69) is 15.6 Å². The molecule has 40 heavy (non-hydrogen) atoms. The van der Waals surface area contributed by atoms with E-state index in [1.165, 1.54) is 0 Å². The van der Waals surface area contributed by atoms with Crippen molar-refractivity contribution in [3.05, 3.63) is 52.1 Å². The molecule has 0 saturated heterocycles. The summed E-state index contributed by atoms with van der Waals surface area (Å²) < 4.78 is 5.41. The number of aromatic nitrogens is 1. The zero-order valence-electron chi connectivity index (χ0n) is 23.6. The third-order valence-electron chi connectivity index (χ3n) is 6.91. The second-order valence-corrected chi connectivity index (χ2v) is 12.7. The van der Waals surface area contributed by atoms with Gasteiger partial charge in [-0.15, -0.1) is 0 Å². The molecule has 3 N–H and O–H groups in total. The quantitative estimate of drug-likeness (QED) is 0.241. The average molecular weight is 587 g/mol. The predicted molar refractivity (Wildman–Crippen MR) is 162 cm³/mol. The maximum atomic E-state index is 13.3. The Morgan fingerprint density at radius 1 is 1.02 bits per heavy atom. The highest BCUT2D eigenvalue weighted by molar-refractivity contribution is 6.37. The van der Waals surface area contributed by atoms with Gasteiger partial charge in [-0.25, -0.2) is 4.79 Å². The summed E-state index contributed by atoms with van der Waals surface area (Å²) in [6.07, 6.45) is 4.93. The van der Waals surface area contributed by atoms with Crippen LogP contribution in [0, 0.1) is 5.92 Å². The number of anilines is 1. The highest BCUT2D eigenvalue weighted by Gasteiger charge is 2.27. The number of halogens is 2. The second-order valence-electron chi connectivity index (χ2n) is 11.9. The van der Waals surface area contributed by atoms with Gasteiger partial charge in [-0.2, -0.15) is 0 Å². The second kappa shape index (κ2) is 12.2. The van der Waals surface area contributed by atoms with E-state index in [9.17, 15) is 14.7 Å². The minimum Gasteiger partial charge on any atom is -0.505 e. The van der Waals surface area contributed by atoms with Crippen molar-refractivity contribution in [3.8, 4) is 16.9 Å². The summed E-state index contributed by atoms with van der Waals surface area (Å²) >= 11 is 12.4. The summed E-state index contributed by atoms with van der Waals surface area (Å²) in [6.45, 7) is 9.59. The number of aromatic hydroxyl groups is 1. The number of fused-ring (bicyclic) bond motifs is 1. The molecule has 0 aliphatic heterocycles. The first-order chi connectivity index (χ1) is 18.8. The molecule has 4 rings (SSSR count). The number of phenols is 1. The molecule has 1 aliphatic rings. The fraction of sp³-hybridized carbons (Fsp3) is 0.452. The molecule has 1 saturated carbocycles. The molecule has 2 aromatic carbocycles. The first-order valence-corrected chi connectivity index (χ1v) is 14.5. The lowest BCUT2D eigenvalue weighted by Gasteiger charge is -2.31. The number of pyridine rings is 1. The van der Waals surface area contributed by atoms with Gasteiger partial charge in [0.15, 0.2) is 11.5 Å². The van der Waals surface area contributed by atoms with E-state index in [0.29, 0.717) is 12.0 Å². The molecule has 1 aromatic heterocycles. The average Bonchev–Trinajstić information content (AvgIpc) is 2.86. The van der Waals surface area contributed by atoms with Crippen LogP contribution in [0.2, 0.25) is 10.0 Å². The number of benzene rings is 2. The maximum absolute atomic E-state index is 13.3. The van der Waals surface area contributed by atoms with E-state index >= 15 is 0 Å². The lowest BCUT2D eigenvalue weighted by molar-refractivity contribution is 0.0492. The molecule has 1 aliphatic carbocycles. The van der Waals surface area contributed by atoms with Gasteiger partial charge >= 0.3 is 6.09 Å². The van der Waals surface area contributed by atoms with Gasteiger partial charge in [0.05, 0.1) is 26.8 Å². The van der Waals surface area contributed by atoms with Crippen LogP contribution in [0.3, 0.4) is 0 Å². The number of nitrogens with zero attached hydrogens (tertiary/aromatic N) is 1. The van der Waals surface area contributed by atoms with Crippen molar-refractivity contribution in [2.45, 2.75) is 84.4 Å². The summed E-state index contributed by atoms with van der Waals surface area (Å²) in [4.78, 5) is 30.2. The molecule has 9 heteroatoms. The number of rotatable bonds is 7. The lowest BCUT2D eigenvalue weighted by atomic mass is 9.90. The Morgan fingerprint density at radius 3 is 2.25 bits per heavy atom. The molecule has 214 valence electrons. The van der Waals surface area contributed by atoms with Gasteiger partial charge in [0.25, 0.3) is 0 Å². The molecule has 1 heterocycles. The Balaban J connectivity index is 1.64. The van der Waals surface area contributed by atoms with E-state index in [1.807, 2.05) is 52.8 Å². The van der Waals surface area contributed by atoms with Crippen LogP contribution in [0.25, 0.3) is 22.0 Å². The van der Waals surface area contributed by atoms with Gasteiger partial charge in [0.1, 0.15) is 5.60 Å². The maximum Gasteiger partial charge on any atom is 0.407 e. The lowest BCUT2D eigenvalue weighted by Crippen LogP contribution is -2.42. The molecule has 1 fully saturated rings. The predicted octanol–water partition coefficient (Wildman–Crippen LogP) is 8.39. The number of carbonyl (C=O) groups is 2. The third kappa shape index (κ3) is 7.38. The van der Waals surface area contributed by atoms with E-state index in [-0.39, 0.29) is 39.6 Å². The fourth-order valence-electron chi connectivity index (χ4n) is 5.01. The number of nitrogens with one attached hydrogen (secondary N) is 2. The molecule has 7 nitrogen and oxygen atoms in total. The van der Waals surface area contributed by atoms with Crippen LogP contribution in [0.5, 0.6) is 5.75 Å². The van der Waals surface area contributed by atoms with Crippen molar-refractivity contribution >= 4 is 51.7 Å². The van der Waals surface area contributed by atoms with E-state index in [4.69, 9.17) is 27.9 Å². The zero-order chi connectivity index (χ0) is 29.2. The summed E-state index contributed by atoms with van der Waals surface area (Å²) in [7, 11) is 0. The highest BCUT2D eigenvalue weighted by Crippen LogP contribution is 2.39. The zero-order valence-corrected chi connectivity index (χ0v) is 25.1. The molecule has 3 aromatic rings. The number of ether oxygens (including phenoxy) is 1. The normalized spacial score (nSPS) is 17.6. The van der Waals surface area contributed by atoms with Gasteiger partial charge in [-0.1, -0.05) is 43.1 Å². The standard InChI is InChI=1S/C31H37Cl2N3O4/c1-17(2)12-27(37)23-16-34-26-11-6-18(19-14-24(32)29(38)25(33)15-19)13-22(26)28(23)35-20-7-9-21(10-8-20)36-30(39)40-31(3,4)5/h6,11,13-17,20-21,38H,7-10,12H2,1-5H3,(H,34,35)(H,36,39). The van der Waals surface area contributed by atoms with Gasteiger partial charge in [-0.05, 0) is 87.8 Å². The van der Waals surface area contributed by atoms with Crippen LogP contribution >= 0.6 is 23.2 Å². The molecule has 0 radical (unpaired) electrons. The molecule has 1 amide bonds. The largest absolute Gasteiger partial charge is 0.505 e. The van der Waals surface area contributed by atoms with E-state index < -0.39 is 11.7 Å². The van der Waals surface area contributed by atoms with Crippen LogP contribution < -0.4 is 10.6 Å². The van der Waals surface area contributed by atoms with E-state index in [0.717, 1.165) is 53.4 Å². The third-order valence-corrected chi connectivity index (χ3v) is 7.48. The minimum atomic E-state index is -0.542. The summed E-state index contributed by atoms with van der Waals surface area (Å²) in [5.41, 5.74) is 3.11. The van der Waals surface area contributed by atoms with Crippen molar-refractivity contribution in [2.24, 2.45) is 5.92 Å². The van der Waals surface area contributed by atoms with Crippen molar-refractivity contribution in [1.82, 2.24) is 10.3 Å². The Hall–Kier alpha value is -3.03. The van der Waals surface area contributed by atoms with Crippen LogP contribution in [-0.4, -0.2) is 39.7 Å². The number of phenolic OH excluding ortho intramolecular Hbond substituents is 1. The van der Waals surface area contributed by atoms with Gasteiger partial charge in [0, 0.05) is 30.1 Å². The van der Waals surface area contributed by atoms with Crippen LogP contribution in [0.4, 0.5) is 10.5 Å². The smallest absolute Gasteiger partial charge is 0.407 e. The Labute approximate surface area is 245 Å². The number of amides is 1. The number of hydrogen-bond acceptors (Lipinski definition) is 6. The van der Waals surface area contributed by atoms with E-state index in [1.54, 1.807) is 18.3 Å². The molecular weight excluding hydrogens is 549 g/mol. The number of hydrogen-bond donors (Lipinski definition) is 3. The molecular formula is C31H37Cl2N3O4. The minimum absolute atomic E-state index is 0.0355. The van der Waals surface area contributed by atoms with Crippen molar-refractivity contribution in [3.63, 3.8) is 0 Å². The summed E-state index contributed by atoms with van der Waals surface area (Å²) in [5.74, 6) is 0.0848. The first kappa shape index (κ1) is 29.9. The fourth-order valence-corrected chi connectivity index (χ4v) is 5.50. The summed E-state index contributed by atoms with van der Waals surface area (Å²) in [5, 5.41) is 17.8. The van der Waals surface area contributed by atoms with Crippen LogP contribution in [-0.2, 0) is 4.74 Å². The molecule has 0 spiro atoms. The Morgan fingerprint density at radius 2 is 1.65 bits per heavy atom. The Kier molecular flexibility index (Phi) is 9.16. The Bertz CT molecular complexity index is 1390.